The predicted octanol–water partition coefficient (Wildman–Crippen LogP) is 3.87. The lowest BCUT2D eigenvalue weighted by Gasteiger charge is -2.09. The molecular weight excluding hydrogens is 300 g/mol. The Bertz CT molecular complexity index is 704. The van der Waals surface area contributed by atoms with Crippen molar-refractivity contribution in [2.24, 2.45) is 0 Å². The van der Waals surface area contributed by atoms with Crippen LogP contribution in [0.1, 0.15) is 21.5 Å². The molecule has 0 saturated carbocycles. The maximum absolute atomic E-state index is 13.9. The largest absolute Gasteiger partial charge is 0.457 e. The monoisotopic (exact) mass is 311 g/mol. The molecule has 2 rings (SSSR count). The summed E-state index contributed by atoms with van der Waals surface area (Å²) in [4.78, 5) is 11.9. The molecule has 6 heteroatoms. The van der Waals surface area contributed by atoms with E-state index in [2.05, 4.69) is 0 Å². The van der Waals surface area contributed by atoms with Crippen molar-refractivity contribution in [1.82, 2.24) is 0 Å². The summed E-state index contributed by atoms with van der Waals surface area (Å²) in [6.45, 7) is 1.31. The van der Waals surface area contributed by atoms with Gasteiger partial charge in [0.25, 0.3) is 0 Å². The van der Waals surface area contributed by atoms with Crippen molar-refractivity contribution in [3.05, 3.63) is 63.7 Å². The molecule has 2 aromatic carbocycles. The summed E-state index contributed by atoms with van der Waals surface area (Å²) in [7, 11) is 0. The van der Waals surface area contributed by atoms with Gasteiger partial charge in [0.15, 0.2) is 0 Å². The summed E-state index contributed by atoms with van der Waals surface area (Å²) in [6, 6.07) is 6.32. The molecule has 0 spiro atoms. The number of halogens is 3. The number of carbonyl (C=O) groups is 1. The van der Waals surface area contributed by atoms with Gasteiger partial charge in [0.1, 0.15) is 18.2 Å². The summed E-state index contributed by atoms with van der Waals surface area (Å²) < 4.78 is 31.7. The molecule has 21 heavy (non-hydrogen) atoms. The number of rotatable bonds is 3. The van der Waals surface area contributed by atoms with Crippen LogP contribution in [0.3, 0.4) is 0 Å². The Morgan fingerprint density at radius 3 is 2.67 bits per heavy atom. The molecule has 0 bridgehead atoms. The second-order valence-electron chi connectivity index (χ2n) is 4.51. The number of anilines is 1. The highest BCUT2D eigenvalue weighted by Gasteiger charge is 2.16. The van der Waals surface area contributed by atoms with Gasteiger partial charge in [-0.25, -0.2) is 13.6 Å². The molecule has 0 saturated heterocycles. The Morgan fingerprint density at radius 1 is 1.29 bits per heavy atom. The van der Waals surface area contributed by atoms with Crippen LogP contribution in [-0.4, -0.2) is 5.97 Å². The van der Waals surface area contributed by atoms with Crippen LogP contribution in [0, 0.1) is 18.6 Å². The molecule has 0 atom stereocenters. The van der Waals surface area contributed by atoms with Gasteiger partial charge >= 0.3 is 5.97 Å². The van der Waals surface area contributed by atoms with Gasteiger partial charge in [-0.3, -0.25) is 0 Å². The molecule has 0 heterocycles. The van der Waals surface area contributed by atoms with E-state index in [0.29, 0.717) is 5.56 Å². The quantitative estimate of drug-likeness (QED) is 0.691. The number of benzene rings is 2. The fourth-order valence-corrected chi connectivity index (χ4v) is 2.03. The van der Waals surface area contributed by atoms with E-state index < -0.39 is 17.6 Å². The molecular formula is C15H12ClF2NO2. The Kier molecular flexibility index (Phi) is 4.43. The van der Waals surface area contributed by atoms with Gasteiger partial charge in [0, 0.05) is 11.3 Å². The van der Waals surface area contributed by atoms with E-state index in [0.717, 1.165) is 6.07 Å². The van der Waals surface area contributed by atoms with E-state index in [-0.39, 0.29) is 28.4 Å². The fraction of sp³-hybridized carbons (Fsp3) is 0.133. The van der Waals surface area contributed by atoms with Gasteiger partial charge in [-0.05, 0) is 36.8 Å². The molecule has 0 amide bonds. The number of hydrogen-bond acceptors (Lipinski definition) is 3. The second-order valence-corrected chi connectivity index (χ2v) is 4.92. The Hall–Kier alpha value is -2.14. The zero-order valence-electron chi connectivity index (χ0n) is 11.1. The van der Waals surface area contributed by atoms with Gasteiger partial charge < -0.3 is 10.5 Å². The topological polar surface area (TPSA) is 52.3 Å². The molecule has 0 aromatic heterocycles. The number of esters is 1. The number of carbonyl (C=O) groups excluding carboxylic acids is 1. The maximum atomic E-state index is 13.9. The number of nitrogens with two attached hydrogens (primary N) is 1. The molecule has 0 aliphatic heterocycles. The number of aryl methyl sites for hydroxylation is 1. The van der Waals surface area contributed by atoms with Crippen molar-refractivity contribution in [1.29, 1.82) is 0 Å². The zero-order chi connectivity index (χ0) is 15.6. The van der Waals surface area contributed by atoms with Crippen LogP contribution < -0.4 is 5.73 Å². The molecule has 2 N–H and O–H groups in total. The van der Waals surface area contributed by atoms with E-state index in [1.165, 1.54) is 31.2 Å². The van der Waals surface area contributed by atoms with Crippen LogP contribution in [0.15, 0.2) is 30.3 Å². The summed E-state index contributed by atoms with van der Waals surface area (Å²) >= 11 is 5.82. The molecule has 0 unspecified atom stereocenters. The lowest BCUT2D eigenvalue weighted by atomic mass is 10.1. The SMILES string of the molecule is Cc1cc(N)cc(C(=O)OCc2ccc(F)cc2Cl)c1F. The minimum Gasteiger partial charge on any atom is -0.457 e. The van der Waals surface area contributed by atoms with Gasteiger partial charge in [-0.2, -0.15) is 0 Å². The summed E-state index contributed by atoms with van der Waals surface area (Å²) in [5, 5.41) is 0.132. The first-order valence-electron chi connectivity index (χ1n) is 6.05. The summed E-state index contributed by atoms with van der Waals surface area (Å²) in [6.07, 6.45) is 0. The van der Waals surface area contributed by atoms with E-state index in [9.17, 15) is 13.6 Å². The number of ether oxygens (including phenoxy) is 1. The van der Waals surface area contributed by atoms with Crippen molar-refractivity contribution >= 4 is 23.3 Å². The van der Waals surface area contributed by atoms with Crippen LogP contribution in [0.25, 0.3) is 0 Å². The van der Waals surface area contributed by atoms with E-state index >= 15 is 0 Å². The lowest BCUT2D eigenvalue weighted by molar-refractivity contribution is 0.0467. The van der Waals surface area contributed by atoms with Gasteiger partial charge in [0.2, 0.25) is 0 Å². The van der Waals surface area contributed by atoms with Crippen molar-refractivity contribution < 1.29 is 18.3 Å². The molecule has 0 radical (unpaired) electrons. The molecule has 3 nitrogen and oxygen atoms in total. The third kappa shape index (κ3) is 3.49. The van der Waals surface area contributed by atoms with E-state index in [1.54, 1.807) is 0 Å². The van der Waals surface area contributed by atoms with Gasteiger partial charge in [-0.15, -0.1) is 0 Å². The average Bonchev–Trinajstić information content (AvgIpc) is 2.41. The Balaban J connectivity index is 2.15. The van der Waals surface area contributed by atoms with Gasteiger partial charge in [0.05, 0.1) is 10.6 Å². The highest BCUT2D eigenvalue weighted by atomic mass is 35.5. The average molecular weight is 312 g/mol. The first kappa shape index (κ1) is 15.3. The molecule has 0 fully saturated rings. The first-order valence-corrected chi connectivity index (χ1v) is 6.43. The van der Waals surface area contributed by atoms with Crippen LogP contribution in [0.5, 0.6) is 0 Å². The fourth-order valence-electron chi connectivity index (χ4n) is 1.81. The standard InChI is InChI=1S/C15H12ClF2NO2/c1-8-4-11(19)6-12(14(8)18)15(20)21-7-9-2-3-10(17)5-13(9)16/h2-6H,7,19H2,1H3. The number of hydrogen-bond donors (Lipinski definition) is 1. The Labute approximate surface area is 125 Å². The van der Waals surface area contributed by atoms with E-state index in [4.69, 9.17) is 22.1 Å². The number of nitrogen functional groups attached to an aromatic ring is 1. The van der Waals surface area contributed by atoms with Crippen LogP contribution in [-0.2, 0) is 11.3 Å². The normalized spacial score (nSPS) is 10.5. The summed E-state index contributed by atoms with van der Waals surface area (Å²) in [5.41, 5.74) is 6.27. The minimum atomic E-state index is -0.858. The van der Waals surface area contributed by atoms with Crippen LogP contribution >= 0.6 is 11.6 Å². The van der Waals surface area contributed by atoms with Gasteiger partial charge in [-0.1, -0.05) is 17.7 Å². The third-order valence-electron chi connectivity index (χ3n) is 2.87. The third-order valence-corrected chi connectivity index (χ3v) is 3.22. The van der Waals surface area contributed by atoms with E-state index in [1.807, 2.05) is 0 Å². The Morgan fingerprint density at radius 2 is 2.00 bits per heavy atom. The molecule has 0 aliphatic carbocycles. The van der Waals surface area contributed by atoms with Crippen molar-refractivity contribution in [2.45, 2.75) is 13.5 Å². The molecule has 0 aliphatic rings. The smallest absolute Gasteiger partial charge is 0.341 e. The highest BCUT2D eigenvalue weighted by molar-refractivity contribution is 6.31. The summed E-state index contributed by atoms with van der Waals surface area (Å²) in [5.74, 6) is -2.03. The second kappa shape index (κ2) is 6.10. The first-order chi connectivity index (χ1) is 9.88. The predicted molar refractivity (Wildman–Crippen MR) is 76.1 cm³/mol. The highest BCUT2D eigenvalue weighted by Crippen LogP contribution is 2.21. The molecule has 2 aromatic rings. The van der Waals surface area contributed by atoms with Crippen molar-refractivity contribution in [3.8, 4) is 0 Å². The van der Waals surface area contributed by atoms with Crippen molar-refractivity contribution in [3.63, 3.8) is 0 Å². The lowest BCUT2D eigenvalue weighted by Crippen LogP contribution is -2.09. The molecule has 110 valence electrons. The minimum absolute atomic E-state index is 0.132. The maximum Gasteiger partial charge on any atom is 0.341 e. The van der Waals surface area contributed by atoms with Crippen LogP contribution in [0.4, 0.5) is 14.5 Å². The van der Waals surface area contributed by atoms with Crippen molar-refractivity contribution in [2.75, 3.05) is 5.73 Å². The zero-order valence-corrected chi connectivity index (χ0v) is 11.9. The van der Waals surface area contributed by atoms with Crippen LogP contribution in [0.2, 0.25) is 5.02 Å².